The second kappa shape index (κ2) is 12.4. The van der Waals surface area contributed by atoms with Gasteiger partial charge in [-0.25, -0.2) is 0 Å². The number of nitrogens with zero attached hydrogens (tertiary/aromatic N) is 2. The number of alkyl halides is 3. The van der Waals surface area contributed by atoms with Crippen molar-refractivity contribution in [2.45, 2.75) is 39.5 Å². The van der Waals surface area contributed by atoms with Gasteiger partial charge in [0, 0.05) is 30.4 Å². The van der Waals surface area contributed by atoms with Crippen molar-refractivity contribution in [3.8, 4) is 11.1 Å². The van der Waals surface area contributed by atoms with E-state index in [-0.39, 0.29) is 5.52 Å². The number of rotatable bonds is 8. The summed E-state index contributed by atoms with van der Waals surface area (Å²) in [6.45, 7) is 5.55. The Kier molecular flexibility index (Phi) is 8.21. The minimum absolute atomic E-state index is 0.0337. The van der Waals surface area contributed by atoms with Gasteiger partial charge >= 0.3 is 6.18 Å². The third kappa shape index (κ3) is 6.52. The van der Waals surface area contributed by atoms with Gasteiger partial charge in [0.25, 0.3) is 0 Å². The standard InChI is InChI=1S/C39H33F3N2/c1-27-10-6-14-30(20-27)25-44(26-31-15-7-11-28(2)21-31)34-17-8-16-32(23-34)37-33(22-29-12-4-3-5-13-29)24-43-38-35(37)18-9-19-36(38)39(40,41)42/h3-21,23-24H,22,25-26H2,1-2H3. The van der Waals surface area contributed by atoms with Crippen LogP contribution in [-0.4, -0.2) is 4.98 Å². The number of anilines is 1. The largest absolute Gasteiger partial charge is 0.418 e. The highest BCUT2D eigenvalue weighted by atomic mass is 19.4. The van der Waals surface area contributed by atoms with Crippen molar-refractivity contribution in [1.29, 1.82) is 0 Å². The summed E-state index contributed by atoms with van der Waals surface area (Å²) in [5.41, 5.74) is 8.59. The highest BCUT2D eigenvalue weighted by Crippen LogP contribution is 2.40. The number of para-hydroxylation sites is 1. The van der Waals surface area contributed by atoms with Crippen LogP contribution in [0.25, 0.3) is 22.0 Å². The quantitative estimate of drug-likeness (QED) is 0.176. The van der Waals surface area contributed by atoms with Gasteiger partial charge in [-0.1, -0.05) is 114 Å². The van der Waals surface area contributed by atoms with Gasteiger partial charge in [0.15, 0.2) is 0 Å². The Morgan fingerprint density at radius 2 is 1.25 bits per heavy atom. The van der Waals surface area contributed by atoms with Crippen LogP contribution < -0.4 is 4.90 Å². The highest BCUT2D eigenvalue weighted by molar-refractivity contribution is 5.98. The van der Waals surface area contributed by atoms with Crippen molar-refractivity contribution in [3.05, 3.63) is 166 Å². The van der Waals surface area contributed by atoms with Gasteiger partial charge in [-0.2, -0.15) is 13.2 Å². The number of aromatic nitrogens is 1. The molecule has 220 valence electrons. The van der Waals surface area contributed by atoms with Crippen molar-refractivity contribution >= 4 is 16.6 Å². The van der Waals surface area contributed by atoms with E-state index in [0.717, 1.165) is 34.0 Å². The normalized spacial score (nSPS) is 11.6. The van der Waals surface area contributed by atoms with Crippen LogP contribution in [0.4, 0.5) is 18.9 Å². The molecule has 5 heteroatoms. The van der Waals surface area contributed by atoms with Crippen molar-refractivity contribution in [1.82, 2.24) is 4.98 Å². The van der Waals surface area contributed by atoms with Crippen molar-refractivity contribution in [2.75, 3.05) is 4.90 Å². The summed E-state index contributed by atoms with van der Waals surface area (Å²) in [6.07, 6.45) is -2.34. The van der Waals surface area contributed by atoms with Gasteiger partial charge < -0.3 is 4.90 Å². The summed E-state index contributed by atoms with van der Waals surface area (Å²) in [6, 6.07) is 39.5. The molecule has 1 aromatic heterocycles. The van der Waals surface area contributed by atoms with Gasteiger partial charge in [-0.15, -0.1) is 0 Å². The smallest absolute Gasteiger partial charge is 0.363 e. The zero-order valence-corrected chi connectivity index (χ0v) is 24.8. The molecule has 0 atom stereocenters. The molecule has 5 aromatic carbocycles. The molecule has 44 heavy (non-hydrogen) atoms. The zero-order chi connectivity index (χ0) is 30.7. The average Bonchev–Trinajstić information content (AvgIpc) is 3.00. The van der Waals surface area contributed by atoms with Gasteiger partial charge in [-0.3, -0.25) is 4.98 Å². The first kappa shape index (κ1) is 29.2. The molecule has 0 aliphatic heterocycles. The topological polar surface area (TPSA) is 16.1 Å². The van der Waals surface area contributed by atoms with Gasteiger partial charge in [0.05, 0.1) is 11.1 Å². The molecular weight excluding hydrogens is 553 g/mol. The molecule has 0 amide bonds. The molecule has 6 aromatic rings. The molecule has 0 saturated carbocycles. The lowest BCUT2D eigenvalue weighted by Gasteiger charge is -2.27. The van der Waals surface area contributed by atoms with E-state index in [4.69, 9.17) is 0 Å². The first-order chi connectivity index (χ1) is 21.2. The monoisotopic (exact) mass is 586 g/mol. The molecule has 0 radical (unpaired) electrons. The molecule has 0 spiro atoms. The van der Waals surface area contributed by atoms with Crippen molar-refractivity contribution in [3.63, 3.8) is 0 Å². The lowest BCUT2D eigenvalue weighted by atomic mass is 9.91. The first-order valence-corrected chi connectivity index (χ1v) is 14.7. The molecule has 0 fully saturated rings. The summed E-state index contributed by atoms with van der Waals surface area (Å²) in [5.74, 6) is 0. The lowest BCUT2D eigenvalue weighted by molar-refractivity contribution is -0.136. The number of benzene rings is 5. The van der Waals surface area contributed by atoms with Crippen LogP contribution in [0.1, 0.15) is 38.9 Å². The Hall–Kier alpha value is -4.90. The van der Waals surface area contributed by atoms with Crippen LogP contribution in [0.2, 0.25) is 0 Å². The van der Waals surface area contributed by atoms with E-state index in [1.807, 2.05) is 42.5 Å². The molecule has 0 aliphatic carbocycles. The third-order valence-electron chi connectivity index (χ3n) is 7.93. The molecule has 0 saturated heterocycles. The van der Waals surface area contributed by atoms with Gasteiger partial charge in [-0.05, 0) is 71.8 Å². The number of pyridine rings is 1. The van der Waals surface area contributed by atoms with Gasteiger partial charge in [0.1, 0.15) is 0 Å². The van der Waals surface area contributed by atoms with E-state index in [1.54, 1.807) is 12.3 Å². The SMILES string of the molecule is Cc1cccc(CN(Cc2cccc(C)c2)c2cccc(-c3c(Cc4ccccc4)cnc4c(C(F)(F)F)cccc34)c2)c1. The number of hydrogen-bond donors (Lipinski definition) is 0. The Morgan fingerprint density at radius 3 is 1.89 bits per heavy atom. The second-order valence-corrected chi connectivity index (χ2v) is 11.4. The van der Waals surface area contributed by atoms with Gasteiger partial charge in [0.2, 0.25) is 0 Å². The number of hydrogen-bond acceptors (Lipinski definition) is 2. The maximum atomic E-state index is 14.1. The number of halogens is 3. The maximum Gasteiger partial charge on any atom is 0.418 e. The summed E-state index contributed by atoms with van der Waals surface area (Å²) in [5, 5.41) is 0.495. The predicted octanol–water partition coefficient (Wildman–Crippen LogP) is 10.3. The minimum atomic E-state index is -4.51. The van der Waals surface area contributed by atoms with Crippen LogP contribution in [0.15, 0.2) is 128 Å². The lowest BCUT2D eigenvalue weighted by Crippen LogP contribution is -2.22. The third-order valence-corrected chi connectivity index (χ3v) is 7.93. The molecule has 1 heterocycles. The Bertz CT molecular complexity index is 1860. The summed E-state index contributed by atoms with van der Waals surface area (Å²) in [7, 11) is 0. The number of fused-ring (bicyclic) bond motifs is 1. The molecular formula is C39H33F3N2. The van der Waals surface area contributed by atoms with Crippen LogP contribution in [0, 0.1) is 13.8 Å². The van der Waals surface area contributed by atoms with Crippen LogP contribution in [-0.2, 0) is 25.7 Å². The molecule has 6 rings (SSSR count). The zero-order valence-electron chi connectivity index (χ0n) is 24.8. The molecule has 2 nitrogen and oxygen atoms in total. The summed E-state index contributed by atoms with van der Waals surface area (Å²) >= 11 is 0. The predicted molar refractivity (Wildman–Crippen MR) is 174 cm³/mol. The summed E-state index contributed by atoms with van der Waals surface area (Å²) in [4.78, 5) is 6.71. The second-order valence-electron chi connectivity index (χ2n) is 11.4. The van der Waals surface area contributed by atoms with Crippen LogP contribution in [0.3, 0.4) is 0 Å². The Balaban J connectivity index is 1.50. The van der Waals surface area contributed by atoms with E-state index < -0.39 is 11.7 Å². The average molecular weight is 587 g/mol. The molecule has 0 unspecified atom stereocenters. The Morgan fingerprint density at radius 1 is 0.636 bits per heavy atom. The first-order valence-electron chi connectivity index (χ1n) is 14.7. The maximum absolute atomic E-state index is 14.1. The van der Waals surface area contributed by atoms with Crippen molar-refractivity contribution in [2.24, 2.45) is 0 Å². The number of aryl methyl sites for hydroxylation is 2. The van der Waals surface area contributed by atoms with E-state index in [2.05, 4.69) is 84.4 Å². The fraction of sp³-hybridized carbons (Fsp3) is 0.154. The van der Waals surface area contributed by atoms with Crippen LogP contribution in [0.5, 0.6) is 0 Å². The van der Waals surface area contributed by atoms with E-state index >= 15 is 0 Å². The fourth-order valence-electron chi connectivity index (χ4n) is 5.94. The Labute approximate surface area is 256 Å². The van der Waals surface area contributed by atoms with Crippen LogP contribution >= 0.6 is 0 Å². The minimum Gasteiger partial charge on any atom is -0.363 e. The molecule has 0 aliphatic rings. The van der Waals surface area contributed by atoms with E-state index in [0.29, 0.717) is 24.9 Å². The van der Waals surface area contributed by atoms with E-state index in [1.165, 1.54) is 28.3 Å². The fourth-order valence-corrected chi connectivity index (χ4v) is 5.94. The molecule has 0 N–H and O–H groups in total. The molecule has 0 bridgehead atoms. The van der Waals surface area contributed by atoms with Crippen molar-refractivity contribution < 1.29 is 13.2 Å². The van der Waals surface area contributed by atoms with E-state index in [9.17, 15) is 13.2 Å². The highest BCUT2D eigenvalue weighted by Gasteiger charge is 2.33. The summed E-state index contributed by atoms with van der Waals surface area (Å²) < 4.78 is 42.3.